The Morgan fingerprint density at radius 2 is 0.848 bits per heavy atom. The third-order valence-corrected chi connectivity index (χ3v) is 11.9. The number of thiophene rings is 2. The Morgan fingerprint density at radius 3 is 1.28 bits per heavy atom. The van der Waals surface area contributed by atoms with Gasteiger partial charge in [-0.05, 0) is 73.2 Å². The van der Waals surface area contributed by atoms with Crippen molar-refractivity contribution < 1.29 is 0 Å². The highest BCUT2D eigenvalue weighted by molar-refractivity contribution is 7.19. The smallest absolute Gasteiger partial charge is 0.263 e. The van der Waals surface area contributed by atoms with Crippen molar-refractivity contribution in [2.24, 2.45) is 0 Å². The summed E-state index contributed by atoms with van der Waals surface area (Å²) in [5.74, 6) is 0. The van der Waals surface area contributed by atoms with Crippen molar-refractivity contribution in [3.63, 3.8) is 0 Å². The van der Waals surface area contributed by atoms with Crippen LogP contribution in [0.25, 0.3) is 63.8 Å². The van der Waals surface area contributed by atoms with E-state index >= 15 is 0 Å². The lowest BCUT2D eigenvalue weighted by Gasteiger charge is -2.13. The van der Waals surface area contributed by atoms with Gasteiger partial charge in [-0.1, -0.05) is 72.8 Å². The Labute approximate surface area is 270 Å². The van der Waals surface area contributed by atoms with E-state index in [1.807, 2.05) is 33.1 Å². The molecule has 0 amide bonds. The van der Waals surface area contributed by atoms with Gasteiger partial charge in [-0.15, -0.1) is 22.7 Å². The van der Waals surface area contributed by atoms with E-state index in [1.54, 1.807) is 22.7 Å². The summed E-state index contributed by atoms with van der Waals surface area (Å²) in [6, 6.07) is 37.8. The third kappa shape index (κ3) is 3.71. The van der Waals surface area contributed by atoms with Crippen molar-refractivity contribution in [1.82, 2.24) is 8.80 Å². The molecule has 0 radical (unpaired) electrons. The van der Waals surface area contributed by atoms with Crippen molar-refractivity contribution in [3.8, 4) is 0 Å². The predicted octanol–water partition coefficient (Wildman–Crippen LogP) is 9.25. The number of hydrogen-bond donors (Lipinski definition) is 0. The minimum Gasteiger partial charge on any atom is -0.275 e. The molecule has 0 spiro atoms. The van der Waals surface area contributed by atoms with Crippen molar-refractivity contribution in [2.45, 2.75) is 25.7 Å². The van der Waals surface area contributed by atoms with Gasteiger partial charge in [0.05, 0.1) is 31.5 Å². The highest BCUT2D eigenvalue weighted by Gasteiger charge is 2.22. The van der Waals surface area contributed by atoms with Crippen LogP contribution in [0.5, 0.6) is 0 Å². The molecule has 6 heteroatoms. The van der Waals surface area contributed by atoms with Crippen LogP contribution in [-0.4, -0.2) is 8.80 Å². The zero-order valence-electron chi connectivity index (χ0n) is 24.7. The summed E-state index contributed by atoms with van der Waals surface area (Å²) in [6.45, 7) is 0. The lowest BCUT2D eigenvalue weighted by atomic mass is 9.95. The molecule has 6 aromatic heterocycles. The molecule has 0 atom stereocenters. The van der Waals surface area contributed by atoms with Gasteiger partial charge in [-0.25, -0.2) is 0 Å². The van der Waals surface area contributed by atoms with E-state index in [1.165, 1.54) is 20.9 Å². The molecule has 0 aliphatic rings. The van der Waals surface area contributed by atoms with Crippen LogP contribution in [0.3, 0.4) is 0 Å². The Hall–Kier alpha value is -5.04. The highest BCUT2D eigenvalue weighted by Crippen LogP contribution is 2.40. The van der Waals surface area contributed by atoms with E-state index in [-0.39, 0.29) is 11.1 Å². The number of hydrogen-bond acceptors (Lipinski definition) is 4. The van der Waals surface area contributed by atoms with Crippen LogP contribution in [0.15, 0.2) is 119 Å². The average Bonchev–Trinajstić information content (AvgIpc) is 3.84. The first-order chi connectivity index (χ1) is 22.6. The fourth-order valence-corrected chi connectivity index (χ4v) is 9.68. The molecule has 10 rings (SSSR count). The van der Waals surface area contributed by atoms with E-state index < -0.39 is 0 Å². The van der Waals surface area contributed by atoms with E-state index in [0.29, 0.717) is 10.8 Å². The largest absolute Gasteiger partial charge is 0.275 e. The second-order valence-electron chi connectivity index (χ2n) is 12.3. The molecule has 4 nitrogen and oxygen atoms in total. The van der Waals surface area contributed by atoms with Gasteiger partial charge < -0.3 is 0 Å². The average molecular weight is 631 g/mol. The fraction of sp³-hybridized carbons (Fsp3) is 0.100. The van der Waals surface area contributed by atoms with Crippen LogP contribution in [0.1, 0.15) is 20.9 Å². The van der Waals surface area contributed by atoms with Crippen LogP contribution >= 0.6 is 22.7 Å². The maximum absolute atomic E-state index is 14.2. The van der Waals surface area contributed by atoms with Crippen molar-refractivity contribution in [3.05, 3.63) is 151 Å². The Kier molecular flexibility index (Phi) is 5.54. The third-order valence-electron chi connectivity index (χ3n) is 9.67. The van der Waals surface area contributed by atoms with Gasteiger partial charge in [-0.3, -0.25) is 18.4 Å². The molecule has 0 saturated carbocycles. The molecular weight excluding hydrogens is 605 g/mol. The monoisotopic (exact) mass is 630 g/mol. The molecule has 0 fully saturated rings. The lowest BCUT2D eigenvalue weighted by molar-refractivity contribution is 0.981. The van der Waals surface area contributed by atoms with Crippen LogP contribution in [0.4, 0.5) is 0 Å². The van der Waals surface area contributed by atoms with Crippen LogP contribution < -0.4 is 11.1 Å². The second kappa shape index (κ2) is 9.73. The fourth-order valence-electron chi connectivity index (χ4n) is 7.51. The van der Waals surface area contributed by atoms with Gasteiger partial charge in [0.1, 0.15) is 0 Å². The van der Waals surface area contributed by atoms with Crippen LogP contribution in [0.2, 0.25) is 0 Å². The molecule has 0 aliphatic carbocycles. The van der Waals surface area contributed by atoms with Gasteiger partial charge in [0.25, 0.3) is 11.1 Å². The van der Waals surface area contributed by atoms with Gasteiger partial charge in [-0.2, -0.15) is 0 Å². The summed E-state index contributed by atoms with van der Waals surface area (Å²) in [6.07, 6.45) is 3.83. The first-order valence-corrected chi connectivity index (χ1v) is 17.3. The SMILES string of the molecule is O=c1c2ccc3c(=O)n4c5cc(CCc6ccccc6)sc5cc4c4ccc(c2c34)c2cc3sc(CCc4ccccc4)cc3n12. The first kappa shape index (κ1) is 26.2. The van der Waals surface area contributed by atoms with E-state index in [0.717, 1.165) is 78.7 Å². The quantitative estimate of drug-likeness (QED) is 0.172. The molecule has 10 aromatic rings. The molecule has 0 bridgehead atoms. The Balaban J connectivity index is 1.13. The number of aryl methyl sites for hydroxylation is 4. The molecule has 0 N–H and O–H groups in total. The standard InChI is InChI=1S/C40H26N2O2S2/c43-39-29-17-18-30-38-28(32-22-36-34(42(32)40(30)44)20-26(46-36)14-12-24-9-5-2-6-10-24)16-15-27(37(29)38)31-21-35-33(41(31)39)19-25(45-35)13-11-23-7-3-1-4-8-23/h1-10,15-22H,11-14H2. The summed E-state index contributed by atoms with van der Waals surface area (Å²) in [7, 11) is 0. The molecule has 0 unspecified atom stereocenters. The molecule has 46 heavy (non-hydrogen) atoms. The van der Waals surface area contributed by atoms with Gasteiger partial charge in [0, 0.05) is 42.1 Å². The van der Waals surface area contributed by atoms with Gasteiger partial charge in [0.2, 0.25) is 0 Å². The summed E-state index contributed by atoms with van der Waals surface area (Å²) >= 11 is 3.54. The Morgan fingerprint density at radius 1 is 0.435 bits per heavy atom. The zero-order chi connectivity index (χ0) is 30.5. The number of nitrogens with zero attached hydrogens (tertiary/aromatic N) is 2. The summed E-state index contributed by atoms with van der Waals surface area (Å²) in [5, 5.41) is 5.15. The number of fused-ring (bicyclic) bond motifs is 8. The number of rotatable bonds is 6. The minimum absolute atomic E-state index is 0.0222. The molecule has 6 heterocycles. The van der Waals surface area contributed by atoms with Crippen LogP contribution in [0, 0.1) is 0 Å². The zero-order valence-corrected chi connectivity index (χ0v) is 26.4. The number of pyridine rings is 2. The molecule has 0 aliphatic heterocycles. The highest BCUT2D eigenvalue weighted by atomic mass is 32.1. The van der Waals surface area contributed by atoms with Gasteiger partial charge >= 0.3 is 0 Å². The van der Waals surface area contributed by atoms with Crippen molar-refractivity contribution in [2.75, 3.05) is 0 Å². The number of aromatic nitrogens is 2. The van der Waals surface area contributed by atoms with E-state index in [2.05, 4.69) is 84.9 Å². The molecular formula is C40H26N2O2S2. The summed E-state index contributed by atoms with van der Waals surface area (Å²) in [5.41, 5.74) is 6.36. The van der Waals surface area contributed by atoms with Gasteiger partial charge in [0.15, 0.2) is 0 Å². The predicted molar refractivity (Wildman–Crippen MR) is 194 cm³/mol. The van der Waals surface area contributed by atoms with Crippen molar-refractivity contribution in [1.29, 1.82) is 0 Å². The van der Waals surface area contributed by atoms with E-state index in [9.17, 15) is 9.59 Å². The van der Waals surface area contributed by atoms with Crippen molar-refractivity contribution >= 4 is 86.5 Å². The molecule has 220 valence electrons. The maximum atomic E-state index is 14.2. The lowest BCUT2D eigenvalue weighted by Crippen LogP contribution is -2.16. The summed E-state index contributed by atoms with van der Waals surface area (Å²) in [4.78, 5) is 30.9. The number of benzene rings is 4. The molecule has 0 saturated heterocycles. The maximum Gasteiger partial charge on any atom is 0.263 e. The summed E-state index contributed by atoms with van der Waals surface area (Å²) < 4.78 is 6.02. The Bertz CT molecular complexity index is 2700. The minimum atomic E-state index is -0.0222. The normalized spacial score (nSPS) is 12.4. The van der Waals surface area contributed by atoms with E-state index in [4.69, 9.17) is 0 Å². The van der Waals surface area contributed by atoms with Crippen LogP contribution in [-0.2, 0) is 25.7 Å². The molecule has 4 aromatic carbocycles. The second-order valence-corrected chi connectivity index (χ2v) is 14.6. The topological polar surface area (TPSA) is 43.0 Å². The first-order valence-electron chi connectivity index (χ1n) is 15.7.